The summed E-state index contributed by atoms with van der Waals surface area (Å²) in [6.45, 7) is 8.18. The van der Waals surface area contributed by atoms with Crippen LogP contribution in [0.25, 0.3) is 0 Å². The Balaban J connectivity index is 2.05. The van der Waals surface area contributed by atoms with Crippen LogP contribution in [0.4, 0.5) is 0 Å². The minimum absolute atomic E-state index is 0.0246. The number of carbonyl (C=O) groups is 1. The van der Waals surface area contributed by atoms with E-state index in [9.17, 15) is 4.79 Å². The molecule has 0 aromatic carbocycles. The second kappa shape index (κ2) is 5.05. The molecule has 0 unspecified atom stereocenters. The summed E-state index contributed by atoms with van der Waals surface area (Å²) in [7, 11) is 0. The highest BCUT2D eigenvalue weighted by atomic mass is 32.2. The van der Waals surface area contributed by atoms with Gasteiger partial charge in [0.05, 0.1) is 6.04 Å². The molecule has 2 rings (SSSR count). The molecule has 0 bridgehead atoms. The van der Waals surface area contributed by atoms with E-state index in [1.54, 1.807) is 23.1 Å². The van der Waals surface area contributed by atoms with E-state index in [1.165, 1.54) is 4.88 Å². The van der Waals surface area contributed by atoms with Gasteiger partial charge in [0.1, 0.15) is 4.75 Å². The van der Waals surface area contributed by atoms with Crippen LogP contribution in [0.2, 0.25) is 0 Å². The molecule has 1 aliphatic heterocycles. The number of thiophene rings is 1. The summed E-state index contributed by atoms with van der Waals surface area (Å²) in [5.74, 6) is 0.249. The smallest absolute Gasteiger partial charge is 0.264 e. The normalized spacial score (nSPS) is 25.4. The summed E-state index contributed by atoms with van der Waals surface area (Å²) < 4.78 is -0.419. The molecule has 1 aliphatic rings. The summed E-state index contributed by atoms with van der Waals surface area (Å²) in [4.78, 5) is 17.4. The van der Waals surface area contributed by atoms with Crippen molar-refractivity contribution in [3.05, 3.63) is 22.4 Å². The van der Waals surface area contributed by atoms with E-state index < -0.39 is 4.75 Å². The van der Waals surface area contributed by atoms with Gasteiger partial charge in [-0.25, -0.2) is 0 Å². The van der Waals surface area contributed by atoms with Crippen molar-refractivity contribution in [2.24, 2.45) is 10.9 Å². The first-order valence-electron chi connectivity index (χ1n) is 6.05. The maximum Gasteiger partial charge on any atom is 0.264 e. The van der Waals surface area contributed by atoms with E-state index in [4.69, 9.17) is 0 Å². The second-order valence-electron chi connectivity index (χ2n) is 4.97. The van der Waals surface area contributed by atoms with E-state index in [0.29, 0.717) is 0 Å². The number of hydrogen-bond acceptors (Lipinski definition) is 4. The van der Waals surface area contributed by atoms with Crippen molar-refractivity contribution in [1.29, 1.82) is 0 Å². The molecular formula is C13H18N2OS2. The van der Waals surface area contributed by atoms with Gasteiger partial charge in [-0.1, -0.05) is 31.7 Å². The standard InChI is InChI=1S/C13H18N2OS2/c1-8(2)13(4)11(16)15-12(18-13)14-9(3)10-6-5-7-17-10/h5-9H,1-4H3,(H,14,15,16)/t9-,13-/m0/s1. The van der Waals surface area contributed by atoms with Crippen LogP contribution in [-0.4, -0.2) is 15.8 Å². The highest BCUT2D eigenvalue weighted by molar-refractivity contribution is 8.16. The monoisotopic (exact) mass is 282 g/mol. The molecule has 2 atom stereocenters. The number of hydrogen-bond donors (Lipinski definition) is 1. The highest BCUT2D eigenvalue weighted by Gasteiger charge is 2.43. The highest BCUT2D eigenvalue weighted by Crippen LogP contribution is 2.39. The first-order chi connectivity index (χ1) is 8.43. The van der Waals surface area contributed by atoms with Crippen molar-refractivity contribution in [2.75, 3.05) is 0 Å². The second-order valence-corrected chi connectivity index (χ2v) is 7.39. The van der Waals surface area contributed by atoms with E-state index in [0.717, 1.165) is 5.17 Å². The minimum atomic E-state index is -0.419. The minimum Gasteiger partial charge on any atom is -0.357 e. The van der Waals surface area contributed by atoms with Gasteiger partial charge < -0.3 is 5.32 Å². The molecule has 1 aromatic heterocycles. The lowest BCUT2D eigenvalue weighted by Crippen LogP contribution is -2.34. The van der Waals surface area contributed by atoms with Gasteiger partial charge >= 0.3 is 0 Å². The summed E-state index contributed by atoms with van der Waals surface area (Å²) in [5.41, 5.74) is 0. The van der Waals surface area contributed by atoms with Crippen molar-refractivity contribution < 1.29 is 4.79 Å². The van der Waals surface area contributed by atoms with Crippen molar-refractivity contribution >= 4 is 34.2 Å². The molecule has 0 saturated carbocycles. The Morgan fingerprint density at radius 2 is 2.11 bits per heavy atom. The topological polar surface area (TPSA) is 41.5 Å². The predicted molar refractivity (Wildman–Crippen MR) is 79.1 cm³/mol. The van der Waals surface area contributed by atoms with Crippen LogP contribution >= 0.6 is 23.1 Å². The number of nitrogens with one attached hydrogen (secondary N) is 1. The molecule has 98 valence electrons. The molecule has 1 N–H and O–H groups in total. The van der Waals surface area contributed by atoms with Gasteiger partial charge in [-0.3, -0.25) is 4.79 Å². The SMILES string of the molecule is CC(C)[C@]1(C)SC(N[C@@H](C)c2cccs2)=NC1=O. The zero-order valence-corrected chi connectivity index (χ0v) is 12.7. The van der Waals surface area contributed by atoms with Gasteiger partial charge in [-0.2, -0.15) is 4.99 Å². The lowest BCUT2D eigenvalue weighted by atomic mass is 9.96. The van der Waals surface area contributed by atoms with Crippen LogP contribution < -0.4 is 5.32 Å². The Morgan fingerprint density at radius 1 is 1.39 bits per heavy atom. The zero-order chi connectivity index (χ0) is 13.3. The van der Waals surface area contributed by atoms with Crippen LogP contribution in [0.3, 0.4) is 0 Å². The quantitative estimate of drug-likeness (QED) is 0.923. The first-order valence-corrected chi connectivity index (χ1v) is 7.75. The fourth-order valence-electron chi connectivity index (χ4n) is 1.69. The Morgan fingerprint density at radius 3 is 2.61 bits per heavy atom. The van der Waals surface area contributed by atoms with Crippen LogP contribution in [0.15, 0.2) is 22.5 Å². The molecule has 1 aromatic rings. The number of carbonyl (C=O) groups excluding carboxylic acids is 1. The predicted octanol–water partition coefficient (Wildman–Crippen LogP) is 3.44. The van der Waals surface area contributed by atoms with E-state index in [-0.39, 0.29) is 17.9 Å². The van der Waals surface area contributed by atoms with Crippen LogP contribution in [-0.2, 0) is 4.79 Å². The fourth-order valence-corrected chi connectivity index (χ4v) is 3.56. The Kier molecular flexibility index (Phi) is 3.82. The summed E-state index contributed by atoms with van der Waals surface area (Å²) in [5, 5.41) is 6.13. The van der Waals surface area contributed by atoms with E-state index in [2.05, 4.69) is 42.5 Å². The van der Waals surface area contributed by atoms with Crippen LogP contribution in [0, 0.1) is 5.92 Å². The van der Waals surface area contributed by atoms with Gasteiger partial charge in [0, 0.05) is 4.88 Å². The molecule has 0 aliphatic carbocycles. The number of rotatable bonds is 3. The number of aliphatic imine (C=N–C) groups is 1. The third-order valence-corrected chi connectivity index (χ3v) is 5.88. The number of nitrogens with zero attached hydrogens (tertiary/aromatic N) is 1. The summed E-state index contributed by atoms with van der Waals surface area (Å²) in [6.07, 6.45) is 0. The van der Waals surface area contributed by atoms with E-state index >= 15 is 0 Å². The largest absolute Gasteiger partial charge is 0.357 e. The molecule has 0 spiro atoms. The molecule has 0 fully saturated rings. The van der Waals surface area contributed by atoms with Crippen molar-refractivity contribution in [1.82, 2.24) is 5.32 Å². The number of amidine groups is 1. The third-order valence-electron chi connectivity index (χ3n) is 3.35. The van der Waals surface area contributed by atoms with Gasteiger partial charge in [-0.15, -0.1) is 11.3 Å². The van der Waals surface area contributed by atoms with Crippen molar-refractivity contribution in [3.8, 4) is 0 Å². The zero-order valence-electron chi connectivity index (χ0n) is 11.1. The average Bonchev–Trinajstić information content (AvgIpc) is 2.88. The van der Waals surface area contributed by atoms with Crippen LogP contribution in [0.1, 0.15) is 38.6 Å². The molecule has 5 heteroatoms. The molecule has 0 radical (unpaired) electrons. The third kappa shape index (κ3) is 2.47. The maximum absolute atomic E-state index is 12.0. The maximum atomic E-state index is 12.0. The summed E-state index contributed by atoms with van der Waals surface area (Å²) >= 11 is 3.26. The van der Waals surface area contributed by atoms with Crippen LogP contribution in [0.5, 0.6) is 0 Å². The number of amides is 1. The lowest BCUT2D eigenvalue weighted by molar-refractivity contribution is -0.120. The molecule has 3 nitrogen and oxygen atoms in total. The molecule has 0 saturated heterocycles. The van der Waals surface area contributed by atoms with Crippen molar-refractivity contribution in [3.63, 3.8) is 0 Å². The Bertz CT molecular complexity index is 467. The Hall–Kier alpha value is -0.810. The van der Waals surface area contributed by atoms with Gasteiger partial charge in [0.2, 0.25) is 0 Å². The van der Waals surface area contributed by atoms with Gasteiger partial charge in [-0.05, 0) is 31.2 Å². The summed E-state index contributed by atoms with van der Waals surface area (Å²) in [6, 6.07) is 4.32. The Labute approximate surface area is 116 Å². The van der Waals surface area contributed by atoms with Crippen molar-refractivity contribution in [2.45, 2.75) is 38.5 Å². The molecule has 18 heavy (non-hydrogen) atoms. The van der Waals surface area contributed by atoms with Gasteiger partial charge in [0.25, 0.3) is 5.91 Å². The first kappa shape index (κ1) is 13.6. The van der Waals surface area contributed by atoms with Gasteiger partial charge in [0.15, 0.2) is 5.17 Å². The average molecular weight is 282 g/mol. The molecular weight excluding hydrogens is 264 g/mol. The fraction of sp³-hybridized carbons (Fsp3) is 0.538. The van der Waals surface area contributed by atoms with E-state index in [1.807, 2.05) is 13.0 Å². The molecule has 2 heterocycles. The number of thioether (sulfide) groups is 1. The molecule has 1 amide bonds. The lowest BCUT2D eigenvalue weighted by Gasteiger charge is -2.24.